The molecule has 0 radical (unpaired) electrons. The molecule has 0 saturated carbocycles. The van der Waals surface area contributed by atoms with Gasteiger partial charge in [-0.25, -0.2) is 9.59 Å². The topological polar surface area (TPSA) is 69.6 Å². The van der Waals surface area contributed by atoms with Crippen LogP contribution < -0.4 is 5.32 Å². The minimum absolute atomic E-state index is 0.332. The molecular weight excluding hydrogens is 256 g/mol. The van der Waals surface area contributed by atoms with Crippen molar-refractivity contribution in [3.63, 3.8) is 0 Å². The Kier molecular flexibility index (Phi) is 5.13. The van der Waals surface area contributed by atoms with Gasteiger partial charge in [-0.3, -0.25) is 0 Å². The molecule has 0 aromatic heterocycles. The Morgan fingerprint density at radius 3 is 2.25 bits per heavy atom. The van der Waals surface area contributed by atoms with Crippen LogP contribution in [0.3, 0.4) is 0 Å². The number of carbonyl (C=O) groups is 2. The Morgan fingerprint density at radius 2 is 1.80 bits per heavy atom. The number of carbonyl (C=O) groups excluding carboxylic acids is 1. The van der Waals surface area contributed by atoms with Gasteiger partial charge in [-0.05, 0) is 33.3 Å². The summed E-state index contributed by atoms with van der Waals surface area (Å²) >= 11 is 0. The number of aliphatic carboxylic acids is 1. The van der Waals surface area contributed by atoms with Crippen LogP contribution in [0.25, 0.3) is 0 Å². The number of urea groups is 1. The average Bonchev–Trinajstić information content (AvgIpc) is 2.38. The summed E-state index contributed by atoms with van der Waals surface area (Å²) in [4.78, 5) is 24.6. The van der Waals surface area contributed by atoms with Gasteiger partial charge in [-0.15, -0.1) is 0 Å². The maximum Gasteiger partial charge on any atom is 0.329 e. The Hall–Kier alpha value is -2.04. The maximum atomic E-state index is 12.1. The molecule has 1 aromatic rings. The zero-order valence-corrected chi connectivity index (χ0v) is 12.4. The molecule has 2 N–H and O–H groups in total. The first-order chi connectivity index (χ1) is 9.28. The number of hydrogen-bond donors (Lipinski definition) is 2. The molecule has 0 unspecified atom stereocenters. The quantitative estimate of drug-likeness (QED) is 0.869. The normalized spacial score (nSPS) is 11.0. The number of benzene rings is 1. The van der Waals surface area contributed by atoms with Gasteiger partial charge in [0.1, 0.15) is 5.54 Å². The zero-order chi connectivity index (χ0) is 15.3. The maximum absolute atomic E-state index is 12.1. The summed E-state index contributed by atoms with van der Waals surface area (Å²) in [6.45, 7) is 7.51. The summed E-state index contributed by atoms with van der Waals surface area (Å²) in [6.07, 6.45) is 0. The number of amides is 2. The van der Waals surface area contributed by atoms with Crippen LogP contribution in [0.5, 0.6) is 0 Å². The number of nitrogens with zero attached hydrogens (tertiary/aromatic N) is 1. The van der Waals surface area contributed by atoms with Gasteiger partial charge in [0, 0.05) is 13.1 Å². The molecular formula is C15H22N2O3. The smallest absolute Gasteiger partial charge is 0.329 e. The van der Waals surface area contributed by atoms with Crippen molar-refractivity contribution in [3.05, 3.63) is 35.4 Å². The van der Waals surface area contributed by atoms with E-state index in [1.165, 1.54) is 18.7 Å². The fraction of sp³-hybridized carbons (Fsp3) is 0.467. The van der Waals surface area contributed by atoms with Crippen LogP contribution in [0.1, 0.15) is 31.9 Å². The van der Waals surface area contributed by atoms with Crippen molar-refractivity contribution in [1.82, 2.24) is 10.2 Å². The van der Waals surface area contributed by atoms with Gasteiger partial charge in [0.25, 0.3) is 0 Å². The SMILES string of the molecule is CCN(C(=O)NCc1ccc(C)cc1)C(C)(C)C(=O)O. The predicted octanol–water partition coefficient (Wildman–Crippen LogP) is 2.39. The molecule has 110 valence electrons. The Morgan fingerprint density at radius 1 is 1.25 bits per heavy atom. The second-order valence-corrected chi connectivity index (χ2v) is 5.25. The number of aryl methyl sites for hydroxylation is 1. The second kappa shape index (κ2) is 6.41. The molecule has 0 heterocycles. The summed E-state index contributed by atoms with van der Waals surface area (Å²) in [5.41, 5.74) is 0.905. The summed E-state index contributed by atoms with van der Waals surface area (Å²) in [5.74, 6) is -1.02. The van der Waals surface area contributed by atoms with E-state index in [9.17, 15) is 14.7 Å². The Labute approximate surface area is 119 Å². The van der Waals surface area contributed by atoms with Crippen LogP contribution in [-0.4, -0.2) is 34.1 Å². The highest BCUT2D eigenvalue weighted by molar-refractivity contribution is 5.85. The zero-order valence-electron chi connectivity index (χ0n) is 12.4. The highest BCUT2D eigenvalue weighted by Crippen LogP contribution is 2.14. The predicted molar refractivity (Wildman–Crippen MR) is 77.5 cm³/mol. The van der Waals surface area contributed by atoms with Crippen molar-refractivity contribution in [2.24, 2.45) is 0 Å². The van der Waals surface area contributed by atoms with Crippen LogP contribution in [0.2, 0.25) is 0 Å². The summed E-state index contributed by atoms with van der Waals surface area (Å²) in [5, 5.41) is 11.9. The fourth-order valence-electron chi connectivity index (χ4n) is 1.89. The second-order valence-electron chi connectivity index (χ2n) is 5.25. The minimum Gasteiger partial charge on any atom is -0.480 e. The molecule has 0 aliphatic heterocycles. The Bertz CT molecular complexity index is 480. The van der Waals surface area contributed by atoms with Crippen LogP contribution >= 0.6 is 0 Å². The van der Waals surface area contributed by atoms with Crippen molar-refractivity contribution < 1.29 is 14.7 Å². The molecule has 0 spiro atoms. The Balaban J connectivity index is 2.69. The molecule has 0 aliphatic carbocycles. The lowest BCUT2D eigenvalue weighted by Crippen LogP contribution is -2.55. The van der Waals surface area contributed by atoms with E-state index in [1.807, 2.05) is 31.2 Å². The van der Waals surface area contributed by atoms with E-state index in [2.05, 4.69) is 5.32 Å². The van der Waals surface area contributed by atoms with Crippen LogP contribution in [0.4, 0.5) is 4.79 Å². The van der Waals surface area contributed by atoms with Gasteiger partial charge in [0.2, 0.25) is 0 Å². The van der Waals surface area contributed by atoms with Gasteiger partial charge in [0.05, 0.1) is 0 Å². The summed E-state index contributed by atoms with van der Waals surface area (Å²) in [6, 6.07) is 7.45. The molecule has 20 heavy (non-hydrogen) atoms. The van der Waals surface area contributed by atoms with Gasteiger partial charge in [-0.2, -0.15) is 0 Å². The van der Waals surface area contributed by atoms with E-state index < -0.39 is 11.5 Å². The van der Waals surface area contributed by atoms with E-state index in [0.717, 1.165) is 11.1 Å². The first-order valence-electron chi connectivity index (χ1n) is 6.63. The molecule has 0 atom stereocenters. The molecule has 0 saturated heterocycles. The largest absolute Gasteiger partial charge is 0.480 e. The highest BCUT2D eigenvalue weighted by atomic mass is 16.4. The van der Waals surface area contributed by atoms with Crippen molar-refractivity contribution >= 4 is 12.0 Å². The highest BCUT2D eigenvalue weighted by Gasteiger charge is 2.36. The van der Waals surface area contributed by atoms with E-state index in [4.69, 9.17) is 0 Å². The van der Waals surface area contributed by atoms with Crippen LogP contribution in [0.15, 0.2) is 24.3 Å². The molecule has 5 heteroatoms. The first-order valence-corrected chi connectivity index (χ1v) is 6.63. The van der Waals surface area contributed by atoms with E-state index >= 15 is 0 Å². The average molecular weight is 278 g/mol. The number of carboxylic acid groups (broad SMARTS) is 1. The standard InChI is InChI=1S/C15H22N2O3/c1-5-17(15(3,4)13(18)19)14(20)16-10-12-8-6-11(2)7-9-12/h6-9H,5,10H2,1-4H3,(H,16,20)(H,18,19). The van der Waals surface area contributed by atoms with Crippen molar-refractivity contribution in [2.75, 3.05) is 6.54 Å². The monoisotopic (exact) mass is 278 g/mol. The molecule has 1 aromatic carbocycles. The van der Waals surface area contributed by atoms with E-state index in [-0.39, 0.29) is 6.03 Å². The molecule has 0 bridgehead atoms. The van der Waals surface area contributed by atoms with Crippen LogP contribution in [-0.2, 0) is 11.3 Å². The van der Waals surface area contributed by atoms with Gasteiger partial charge in [-0.1, -0.05) is 29.8 Å². The third-order valence-corrected chi connectivity index (χ3v) is 3.32. The number of carboxylic acids is 1. The lowest BCUT2D eigenvalue weighted by molar-refractivity contribution is -0.147. The third kappa shape index (κ3) is 3.73. The first kappa shape index (κ1) is 16.0. The number of nitrogens with one attached hydrogen (secondary N) is 1. The molecule has 2 amide bonds. The number of likely N-dealkylation sites (N-methyl/N-ethyl adjacent to an activating group) is 1. The van der Waals surface area contributed by atoms with Crippen LogP contribution in [0, 0.1) is 6.92 Å². The van der Waals surface area contributed by atoms with Gasteiger partial charge < -0.3 is 15.3 Å². The number of rotatable bonds is 5. The summed E-state index contributed by atoms with van der Waals surface area (Å²) < 4.78 is 0. The molecule has 5 nitrogen and oxygen atoms in total. The molecule has 1 rings (SSSR count). The molecule has 0 fully saturated rings. The molecule has 0 aliphatic rings. The van der Waals surface area contributed by atoms with Gasteiger partial charge in [0.15, 0.2) is 0 Å². The van der Waals surface area contributed by atoms with Crippen molar-refractivity contribution in [2.45, 2.75) is 39.8 Å². The van der Waals surface area contributed by atoms with E-state index in [1.54, 1.807) is 6.92 Å². The lowest BCUT2D eigenvalue weighted by Gasteiger charge is -2.34. The fourth-order valence-corrected chi connectivity index (χ4v) is 1.89. The third-order valence-electron chi connectivity index (χ3n) is 3.32. The lowest BCUT2D eigenvalue weighted by atomic mass is 10.0. The van der Waals surface area contributed by atoms with Crippen molar-refractivity contribution in [1.29, 1.82) is 0 Å². The van der Waals surface area contributed by atoms with E-state index in [0.29, 0.717) is 13.1 Å². The minimum atomic E-state index is -1.23. The number of hydrogen-bond acceptors (Lipinski definition) is 2. The van der Waals surface area contributed by atoms with Crippen molar-refractivity contribution in [3.8, 4) is 0 Å². The van der Waals surface area contributed by atoms with Gasteiger partial charge >= 0.3 is 12.0 Å². The summed E-state index contributed by atoms with van der Waals surface area (Å²) in [7, 11) is 0.